The van der Waals surface area contributed by atoms with Gasteiger partial charge in [0.2, 0.25) is 15.9 Å². The maximum atomic E-state index is 14.0. The molecule has 1 amide bonds. The summed E-state index contributed by atoms with van der Waals surface area (Å²) in [5, 5.41) is 11.9. The molecule has 1 saturated heterocycles. The fourth-order valence-corrected chi connectivity index (χ4v) is 3.83. The summed E-state index contributed by atoms with van der Waals surface area (Å²) in [6.45, 7) is 1.50. The van der Waals surface area contributed by atoms with Crippen molar-refractivity contribution in [2.24, 2.45) is 0 Å². The highest BCUT2D eigenvalue weighted by molar-refractivity contribution is 7.89. The van der Waals surface area contributed by atoms with Crippen molar-refractivity contribution in [1.29, 1.82) is 0 Å². The first kappa shape index (κ1) is 15.9. The molecule has 0 saturated carbocycles. The fourth-order valence-electron chi connectivity index (χ4n) is 2.27. The predicted octanol–water partition coefficient (Wildman–Crippen LogP) is 0.929. The van der Waals surface area contributed by atoms with Crippen molar-refractivity contribution in [1.82, 2.24) is 4.31 Å². The SMILES string of the molecule is CC(=O)Nc1ccc(S(=O)(=O)N2CCC[C@H](O)C2)c(F)c1. The second-order valence-electron chi connectivity index (χ2n) is 4.99. The van der Waals surface area contributed by atoms with Crippen LogP contribution in [0.5, 0.6) is 0 Å². The molecule has 0 unspecified atom stereocenters. The molecule has 2 N–H and O–H groups in total. The van der Waals surface area contributed by atoms with E-state index in [1.807, 2.05) is 0 Å². The first-order valence-electron chi connectivity index (χ1n) is 6.56. The summed E-state index contributed by atoms with van der Waals surface area (Å²) < 4.78 is 39.9. The molecule has 1 aliphatic heterocycles. The quantitative estimate of drug-likeness (QED) is 0.868. The molecule has 8 heteroatoms. The second-order valence-corrected chi connectivity index (χ2v) is 6.89. The highest BCUT2D eigenvalue weighted by Gasteiger charge is 2.31. The molecule has 1 atom stereocenters. The van der Waals surface area contributed by atoms with Crippen LogP contribution in [0.3, 0.4) is 0 Å². The number of sulfonamides is 1. The van der Waals surface area contributed by atoms with Crippen molar-refractivity contribution in [2.75, 3.05) is 18.4 Å². The van der Waals surface area contributed by atoms with Gasteiger partial charge in [-0.3, -0.25) is 4.79 Å². The smallest absolute Gasteiger partial charge is 0.246 e. The number of nitrogens with one attached hydrogen (secondary N) is 1. The highest BCUT2D eigenvalue weighted by atomic mass is 32.2. The first-order valence-corrected chi connectivity index (χ1v) is 8.00. The van der Waals surface area contributed by atoms with E-state index in [-0.39, 0.29) is 24.7 Å². The average Bonchev–Trinajstić information content (AvgIpc) is 2.37. The lowest BCUT2D eigenvalue weighted by Gasteiger charge is -2.29. The van der Waals surface area contributed by atoms with Crippen LogP contribution in [0.1, 0.15) is 19.8 Å². The van der Waals surface area contributed by atoms with Crippen LogP contribution >= 0.6 is 0 Å². The van der Waals surface area contributed by atoms with Gasteiger partial charge in [-0.2, -0.15) is 4.31 Å². The topological polar surface area (TPSA) is 86.7 Å². The molecule has 1 aromatic carbocycles. The van der Waals surface area contributed by atoms with E-state index in [1.165, 1.54) is 13.0 Å². The van der Waals surface area contributed by atoms with Gasteiger partial charge in [0.05, 0.1) is 6.10 Å². The van der Waals surface area contributed by atoms with Crippen LogP contribution in [-0.4, -0.2) is 42.9 Å². The number of nitrogens with zero attached hydrogens (tertiary/aromatic N) is 1. The van der Waals surface area contributed by atoms with Gasteiger partial charge in [0.25, 0.3) is 0 Å². The third kappa shape index (κ3) is 3.58. The number of anilines is 1. The van der Waals surface area contributed by atoms with Crippen molar-refractivity contribution < 1.29 is 22.7 Å². The summed E-state index contributed by atoms with van der Waals surface area (Å²) >= 11 is 0. The molecule has 1 fully saturated rings. The molecular weight excluding hydrogens is 299 g/mol. The second kappa shape index (κ2) is 6.08. The Morgan fingerprint density at radius 2 is 2.19 bits per heavy atom. The van der Waals surface area contributed by atoms with E-state index in [0.29, 0.717) is 12.8 Å². The Morgan fingerprint density at radius 1 is 1.48 bits per heavy atom. The third-order valence-corrected chi connectivity index (χ3v) is 5.13. The molecule has 0 bridgehead atoms. The minimum absolute atomic E-state index is 0.0325. The predicted molar refractivity (Wildman–Crippen MR) is 74.7 cm³/mol. The molecule has 0 aromatic heterocycles. The van der Waals surface area contributed by atoms with Gasteiger partial charge in [-0.05, 0) is 31.0 Å². The number of carbonyl (C=O) groups is 1. The summed E-state index contributed by atoms with van der Waals surface area (Å²) in [5.74, 6) is -1.30. The van der Waals surface area contributed by atoms with E-state index < -0.39 is 26.8 Å². The molecule has 0 radical (unpaired) electrons. The zero-order valence-electron chi connectivity index (χ0n) is 11.5. The number of benzene rings is 1. The van der Waals surface area contributed by atoms with E-state index in [0.717, 1.165) is 16.4 Å². The molecule has 116 valence electrons. The summed E-state index contributed by atoms with van der Waals surface area (Å²) in [6, 6.07) is 3.42. The molecule has 1 heterocycles. The van der Waals surface area contributed by atoms with Gasteiger partial charge in [0, 0.05) is 25.7 Å². The summed E-state index contributed by atoms with van der Waals surface area (Å²) in [7, 11) is -3.99. The van der Waals surface area contributed by atoms with E-state index in [9.17, 15) is 22.7 Å². The molecule has 1 aliphatic rings. The largest absolute Gasteiger partial charge is 0.392 e. The van der Waals surface area contributed by atoms with Crippen LogP contribution in [0.25, 0.3) is 0 Å². The lowest BCUT2D eigenvalue weighted by atomic mass is 10.1. The number of hydrogen-bond acceptors (Lipinski definition) is 4. The van der Waals surface area contributed by atoms with E-state index in [4.69, 9.17) is 0 Å². The Labute approximate surface area is 122 Å². The molecular formula is C13H17FN2O4S. The average molecular weight is 316 g/mol. The minimum Gasteiger partial charge on any atom is -0.392 e. The zero-order valence-corrected chi connectivity index (χ0v) is 12.4. The molecule has 0 aliphatic carbocycles. The van der Waals surface area contributed by atoms with Crippen molar-refractivity contribution in [3.63, 3.8) is 0 Å². The normalized spacial score (nSPS) is 20.2. The van der Waals surface area contributed by atoms with Gasteiger partial charge in [0.15, 0.2) is 0 Å². The van der Waals surface area contributed by atoms with Crippen molar-refractivity contribution in [2.45, 2.75) is 30.8 Å². The number of piperidine rings is 1. The summed E-state index contributed by atoms with van der Waals surface area (Å²) in [5.41, 5.74) is 0.192. The lowest BCUT2D eigenvalue weighted by Crippen LogP contribution is -2.42. The number of β-amino-alcohol motifs (C(OH)–C–C–N with tert-alkyl or cyclic N) is 1. The fraction of sp³-hybridized carbons (Fsp3) is 0.462. The van der Waals surface area contributed by atoms with Gasteiger partial charge in [-0.15, -0.1) is 0 Å². The first-order chi connectivity index (χ1) is 9.80. The molecule has 6 nitrogen and oxygen atoms in total. The Bertz CT molecular complexity index is 648. The molecule has 2 rings (SSSR count). The van der Waals surface area contributed by atoms with Crippen LogP contribution in [0, 0.1) is 5.82 Å². The maximum Gasteiger partial charge on any atom is 0.246 e. The van der Waals surface area contributed by atoms with Crippen LogP contribution in [0.2, 0.25) is 0 Å². The van der Waals surface area contributed by atoms with Gasteiger partial charge in [0.1, 0.15) is 10.7 Å². The Kier molecular flexibility index (Phi) is 4.60. The Morgan fingerprint density at radius 3 is 2.76 bits per heavy atom. The maximum absolute atomic E-state index is 14.0. The van der Waals surface area contributed by atoms with Gasteiger partial charge >= 0.3 is 0 Å². The van der Waals surface area contributed by atoms with Crippen molar-refractivity contribution >= 4 is 21.6 Å². The van der Waals surface area contributed by atoms with Crippen molar-refractivity contribution in [3.8, 4) is 0 Å². The van der Waals surface area contributed by atoms with Crippen molar-refractivity contribution in [3.05, 3.63) is 24.0 Å². The van der Waals surface area contributed by atoms with Crippen LogP contribution in [-0.2, 0) is 14.8 Å². The van der Waals surface area contributed by atoms with E-state index in [1.54, 1.807) is 0 Å². The lowest BCUT2D eigenvalue weighted by molar-refractivity contribution is -0.114. The van der Waals surface area contributed by atoms with E-state index >= 15 is 0 Å². The number of amides is 1. The number of halogens is 1. The van der Waals surface area contributed by atoms with Crippen LogP contribution in [0.15, 0.2) is 23.1 Å². The monoisotopic (exact) mass is 316 g/mol. The summed E-state index contributed by atoms with van der Waals surface area (Å²) in [4.78, 5) is 10.4. The third-order valence-electron chi connectivity index (χ3n) is 3.23. The molecule has 1 aromatic rings. The standard InChI is InChI=1S/C13H17FN2O4S/c1-9(17)15-10-4-5-13(12(14)7-10)21(19,20)16-6-2-3-11(18)8-16/h4-5,7,11,18H,2-3,6,8H2,1H3,(H,15,17)/t11-/m0/s1. The van der Waals surface area contributed by atoms with Gasteiger partial charge in [-0.1, -0.05) is 0 Å². The van der Waals surface area contributed by atoms with E-state index in [2.05, 4.69) is 5.32 Å². The Balaban J connectivity index is 2.29. The number of hydrogen-bond donors (Lipinski definition) is 2. The van der Waals surface area contributed by atoms with Crippen LogP contribution < -0.4 is 5.32 Å². The van der Waals surface area contributed by atoms with Crippen LogP contribution in [0.4, 0.5) is 10.1 Å². The number of rotatable bonds is 3. The summed E-state index contributed by atoms with van der Waals surface area (Å²) in [6.07, 6.45) is 0.345. The number of aliphatic hydroxyl groups excluding tert-OH is 1. The van der Waals surface area contributed by atoms with Gasteiger partial charge < -0.3 is 10.4 Å². The zero-order chi connectivity index (χ0) is 15.6. The van der Waals surface area contributed by atoms with Gasteiger partial charge in [-0.25, -0.2) is 12.8 Å². The molecule has 21 heavy (non-hydrogen) atoms. The highest BCUT2D eigenvalue weighted by Crippen LogP contribution is 2.25. The minimum atomic E-state index is -3.99. The molecule has 0 spiro atoms. The Hall–Kier alpha value is -1.51. The number of aliphatic hydroxyl groups is 1. The number of carbonyl (C=O) groups excluding carboxylic acids is 1.